The molecule has 120 valence electrons. The lowest BCUT2D eigenvalue weighted by atomic mass is 10.2. The molecular weight excluding hydrogens is 278 g/mol. The Balaban J connectivity index is 1.57. The average molecular weight is 303 g/mol. The molecule has 2 heterocycles. The summed E-state index contributed by atoms with van der Waals surface area (Å²) in [5, 5.41) is 9.95. The van der Waals surface area contributed by atoms with Crippen LogP contribution in [0, 0.1) is 0 Å². The number of phenolic OH excluding ortho intramolecular Hbond substituents is 1. The summed E-state index contributed by atoms with van der Waals surface area (Å²) in [6, 6.07) is 7.42. The number of benzene rings is 1. The molecule has 0 bridgehead atoms. The molecule has 5 heteroatoms. The minimum Gasteiger partial charge on any atom is -0.506 e. The summed E-state index contributed by atoms with van der Waals surface area (Å²) in [6.45, 7) is 7.26. The van der Waals surface area contributed by atoms with Crippen LogP contribution < -0.4 is 4.90 Å². The van der Waals surface area contributed by atoms with Crippen molar-refractivity contribution in [2.24, 2.45) is 0 Å². The van der Waals surface area contributed by atoms with Gasteiger partial charge in [-0.1, -0.05) is 12.1 Å². The first kappa shape index (κ1) is 15.2. The molecule has 2 fully saturated rings. The number of hydrogen-bond donors (Lipinski definition) is 1. The van der Waals surface area contributed by atoms with Gasteiger partial charge in [0.1, 0.15) is 5.75 Å². The second kappa shape index (κ2) is 6.57. The molecule has 1 atom stereocenters. The molecule has 1 N–H and O–H groups in total. The number of carbonyl (C=O) groups excluding carboxylic acids is 1. The predicted octanol–water partition coefficient (Wildman–Crippen LogP) is 1.53. The maximum absolute atomic E-state index is 12.5. The highest BCUT2D eigenvalue weighted by Gasteiger charge is 2.30. The Hall–Kier alpha value is -1.75. The van der Waals surface area contributed by atoms with E-state index in [1.165, 1.54) is 0 Å². The topological polar surface area (TPSA) is 47.0 Å². The number of para-hydroxylation sites is 2. The maximum Gasteiger partial charge on any atom is 0.239 e. The summed E-state index contributed by atoms with van der Waals surface area (Å²) in [6.07, 6.45) is 2.28. The number of phenols is 1. The van der Waals surface area contributed by atoms with Crippen LogP contribution in [0.1, 0.15) is 19.8 Å². The molecule has 0 spiro atoms. The second-order valence-electron chi connectivity index (χ2n) is 6.22. The van der Waals surface area contributed by atoms with Crippen molar-refractivity contribution < 1.29 is 9.90 Å². The van der Waals surface area contributed by atoms with Crippen LogP contribution >= 0.6 is 0 Å². The molecule has 5 nitrogen and oxygen atoms in total. The number of nitrogens with zero attached hydrogens (tertiary/aromatic N) is 3. The number of likely N-dealkylation sites (tertiary alicyclic amines) is 1. The molecule has 1 amide bonds. The van der Waals surface area contributed by atoms with Crippen LogP contribution in [-0.4, -0.2) is 66.1 Å². The highest BCUT2D eigenvalue weighted by Crippen LogP contribution is 2.27. The summed E-state index contributed by atoms with van der Waals surface area (Å²) in [5.41, 5.74) is 0.890. The zero-order chi connectivity index (χ0) is 15.5. The molecule has 2 saturated heterocycles. The summed E-state index contributed by atoms with van der Waals surface area (Å²) in [7, 11) is 0. The fourth-order valence-electron chi connectivity index (χ4n) is 3.44. The van der Waals surface area contributed by atoms with E-state index in [2.05, 4.69) is 9.80 Å². The number of carbonyl (C=O) groups is 1. The highest BCUT2D eigenvalue weighted by atomic mass is 16.3. The largest absolute Gasteiger partial charge is 0.506 e. The van der Waals surface area contributed by atoms with Gasteiger partial charge in [-0.15, -0.1) is 0 Å². The molecule has 2 aliphatic heterocycles. The van der Waals surface area contributed by atoms with Crippen LogP contribution in [0.2, 0.25) is 0 Å². The minimum absolute atomic E-state index is 0.0374. The maximum atomic E-state index is 12.5. The third-order valence-electron chi connectivity index (χ3n) is 4.86. The van der Waals surface area contributed by atoms with Gasteiger partial charge in [-0.05, 0) is 31.9 Å². The lowest BCUT2D eigenvalue weighted by molar-refractivity contribution is -0.135. The molecule has 2 aliphatic rings. The summed E-state index contributed by atoms with van der Waals surface area (Å²) < 4.78 is 0. The number of anilines is 1. The van der Waals surface area contributed by atoms with Crippen LogP contribution in [0.5, 0.6) is 5.75 Å². The highest BCUT2D eigenvalue weighted by molar-refractivity contribution is 5.81. The minimum atomic E-state index is -0.0374. The van der Waals surface area contributed by atoms with Crippen LogP contribution in [0.15, 0.2) is 24.3 Å². The van der Waals surface area contributed by atoms with E-state index in [0.29, 0.717) is 5.75 Å². The van der Waals surface area contributed by atoms with E-state index in [-0.39, 0.29) is 11.9 Å². The Morgan fingerprint density at radius 2 is 1.68 bits per heavy atom. The molecule has 0 aromatic heterocycles. The van der Waals surface area contributed by atoms with Gasteiger partial charge in [-0.25, -0.2) is 0 Å². The molecular formula is C17H25N3O2. The fraction of sp³-hybridized carbons (Fsp3) is 0.588. The zero-order valence-electron chi connectivity index (χ0n) is 13.2. The smallest absolute Gasteiger partial charge is 0.239 e. The van der Waals surface area contributed by atoms with Gasteiger partial charge in [0.25, 0.3) is 0 Å². The van der Waals surface area contributed by atoms with Gasteiger partial charge in [-0.2, -0.15) is 0 Å². The molecule has 22 heavy (non-hydrogen) atoms. The Labute approximate surface area is 132 Å². The number of piperazine rings is 1. The third kappa shape index (κ3) is 3.04. The summed E-state index contributed by atoms with van der Waals surface area (Å²) >= 11 is 0. The molecule has 3 rings (SSSR count). The molecule has 0 unspecified atom stereocenters. The quantitative estimate of drug-likeness (QED) is 0.920. The van der Waals surface area contributed by atoms with Crippen molar-refractivity contribution in [3.8, 4) is 5.75 Å². The van der Waals surface area contributed by atoms with Crippen LogP contribution in [-0.2, 0) is 4.79 Å². The monoisotopic (exact) mass is 303 g/mol. The van der Waals surface area contributed by atoms with E-state index in [1.54, 1.807) is 6.07 Å². The SMILES string of the molecule is C[C@H](C(=O)N1CCCC1)N1CCN(c2ccccc2O)CC1. The Bertz CT molecular complexity index is 520. The number of amides is 1. The van der Waals surface area contributed by atoms with Crippen molar-refractivity contribution in [1.29, 1.82) is 0 Å². The first-order valence-electron chi connectivity index (χ1n) is 8.22. The fourth-order valence-corrected chi connectivity index (χ4v) is 3.44. The van der Waals surface area contributed by atoms with E-state index >= 15 is 0 Å². The Kier molecular flexibility index (Phi) is 4.52. The number of aromatic hydroxyl groups is 1. The molecule has 1 aromatic rings. The van der Waals surface area contributed by atoms with Crippen molar-refractivity contribution in [3.63, 3.8) is 0 Å². The van der Waals surface area contributed by atoms with Crippen molar-refractivity contribution in [3.05, 3.63) is 24.3 Å². The van der Waals surface area contributed by atoms with Crippen molar-refractivity contribution >= 4 is 11.6 Å². The normalized spacial score (nSPS) is 21.1. The van der Waals surface area contributed by atoms with Gasteiger partial charge in [-0.3, -0.25) is 9.69 Å². The molecule has 0 aliphatic carbocycles. The van der Waals surface area contributed by atoms with Crippen LogP contribution in [0.4, 0.5) is 5.69 Å². The van der Waals surface area contributed by atoms with E-state index in [9.17, 15) is 9.90 Å². The predicted molar refractivity (Wildman–Crippen MR) is 87.2 cm³/mol. The van der Waals surface area contributed by atoms with Crippen molar-refractivity contribution in [2.45, 2.75) is 25.8 Å². The lowest BCUT2D eigenvalue weighted by Crippen LogP contribution is -2.54. The zero-order valence-corrected chi connectivity index (χ0v) is 13.2. The summed E-state index contributed by atoms with van der Waals surface area (Å²) in [5.74, 6) is 0.602. The van der Waals surface area contributed by atoms with E-state index < -0.39 is 0 Å². The van der Waals surface area contributed by atoms with Gasteiger partial charge < -0.3 is 14.9 Å². The van der Waals surface area contributed by atoms with E-state index in [0.717, 1.165) is 57.8 Å². The van der Waals surface area contributed by atoms with E-state index in [1.807, 2.05) is 30.0 Å². The van der Waals surface area contributed by atoms with Crippen LogP contribution in [0.3, 0.4) is 0 Å². The summed E-state index contributed by atoms with van der Waals surface area (Å²) in [4.78, 5) is 18.9. The van der Waals surface area contributed by atoms with Gasteiger partial charge in [0, 0.05) is 39.3 Å². The van der Waals surface area contributed by atoms with Gasteiger partial charge in [0.15, 0.2) is 0 Å². The second-order valence-corrected chi connectivity index (χ2v) is 6.22. The third-order valence-corrected chi connectivity index (χ3v) is 4.86. The first-order chi connectivity index (χ1) is 10.7. The van der Waals surface area contributed by atoms with Gasteiger partial charge in [0.2, 0.25) is 5.91 Å². The molecule has 0 saturated carbocycles. The Morgan fingerprint density at radius 1 is 1.05 bits per heavy atom. The lowest BCUT2D eigenvalue weighted by Gasteiger charge is -2.39. The van der Waals surface area contributed by atoms with Gasteiger partial charge in [0.05, 0.1) is 11.7 Å². The average Bonchev–Trinajstić information content (AvgIpc) is 3.09. The van der Waals surface area contributed by atoms with Crippen molar-refractivity contribution in [2.75, 3.05) is 44.2 Å². The number of rotatable bonds is 3. The van der Waals surface area contributed by atoms with E-state index in [4.69, 9.17) is 0 Å². The molecule has 1 aromatic carbocycles. The molecule has 0 radical (unpaired) electrons. The van der Waals surface area contributed by atoms with Crippen LogP contribution in [0.25, 0.3) is 0 Å². The van der Waals surface area contributed by atoms with Crippen molar-refractivity contribution in [1.82, 2.24) is 9.80 Å². The number of hydrogen-bond acceptors (Lipinski definition) is 4. The Morgan fingerprint density at radius 3 is 2.32 bits per heavy atom. The first-order valence-corrected chi connectivity index (χ1v) is 8.22. The van der Waals surface area contributed by atoms with Gasteiger partial charge >= 0.3 is 0 Å². The standard InChI is InChI=1S/C17H25N3O2/c1-14(17(22)20-8-4-5-9-20)18-10-12-19(13-11-18)15-6-2-3-7-16(15)21/h2-3,6-7,14,21H,4-5,8-13H2,1H3/t14-/m1/s1.